The summed E-state index contributed by atoms with van der Waals surface area (Å²) in [6, 6.07) is 1.66. The van der Waals surface area contributed by atoms with Gasteiger partial charge in [-0.3, -0.25) is 9.69 Å². The van der Waals surface area contributed by atoms with E-state index < -0.39 is 16.0 Å². The molecule has 1 saturated heterocycles. The summed E-state index contributed by atoms with van der Waals surface area (Å²) < 4.78 is 27.5. The predicted octanol–water partition coefficient (Wildman–Crippen LogP) is 1.21. The smallest absolute Gasteiger partial charge is 0.317 e. The minimum absolute atomic E-state index is 0.0441. The van der Waals surface area contributed by atoms with Crippen molar-refractivity contribution in [2.24, 2.45) is 0 Å². The molecule has 6 nitrogen and oxygen atoms in total. The van der Waals surface area contributed by atoms with Gasteiger partial charge in [0.15, 0.2) is 0 Å². The lowest BCUT2D eigenvalue weighted by Crippen LogP contribution is -2.49. The monoisotopic (exact) mass is 382 g/mol. The van der Waals surface area contributed by atoms with Crippen LogP contribution in [0.25, 0.3) is 0 Å². The molecule has 1 N–H and O–H groups in total. The fourth-order valence-electron chi connectivity index (χ4n) is 2.01. The average molecular weight is 383 g/mol. The van der Waals surface area contributed by atoms with Gasteiger partial charge in [-0.2, -0.15) is 4.31 Å². The van der Waals surface area contributed by atoms with Crippen molar-refractivity contribution in [2.45, 2.75) is 11.1 Å². The van der Waals surface area contributed by atoms with Crippen molar-refractivity contribution in [3.63, 3.8) is 0 Å². The number of halogens is 1. The van der Waals surface area contributed by atoms with E-state index in [-0.39, 0.29) is 6.54 Å². The number of rotatable bonds is 4. The highest BCUT2D eigenvalue weighted by atomic mass is 79.9. The first-order chi connectivity index (χ1) is 9.30. The maximum atomic E-state index is 12.5. The molecule has 112 valence electrons. The Balaban J connectivity index is 2.07. The Kier molecular flexibility index (Phi) is 4.85. The number of carboxylic acid groups (broad SMARTS) is 1. The highest BCUT2D eigenvalue weighted by Gasteiger charge is 2.30. The van der Waals surface area contributed by atoms with Crippen LogP contribution in [0.5, 0.6) is 0 Å². The van der Waals surface area contributed by atoms with Crippen molar-refractivity contribution in [1.29, 1.82) is 0 Å². The van der Waals surface area contributed by atoms with Crippen molar-refractivity contribution in [3.8, 4) is 0 Å². The molecule has 20 heavy (non-hydrogen) atoms. The van der Waals surface area contributed by atoms with E-state index in [1.807, 2.05) is 6.92 Å². The third-order valence-electron chi connectivity index (χ3n) is 3.12. The quantitative estimate of drug-likeness (QED) is 0.846. The van der Waals surface area contributed by atoms with E-state index >= 15 is 0 Å². The van der Waals surface area contributed by atoms with Crippen molar-refractivity contribution >= 4 is 43.3 Å². The highest BCUT2D eigenvalue weighted by molar-refractivity contribution is 9.11. The lowest BCUT2D eigenvalue weighted by molar-refractivity contribution is -0.138. The first-order valence-electron chi connectivity index (χ1n) is 6.01. The summed E-state index contributed by atoms with van der Waals surface area (Å²) in [6.45, 7) is 3.34. The van der Waals surface area contributed by atoms with E-state index in [0.29, 0.717) is 30.4 Å². The molecule has 1 fully saturated rings. The van der Waals surface area contributed by atoms with Crippen molar-refractivity contribution in [3.05, 3.63) is 15.4 Å². The van der Waals surface area contributed by atoms with Crippen LogP contribution in [0.3, 0.4) is 0 Å². The Labute approximate surface area is 130 Å². The van der Waals surface area contributed by atoms with Crippen molar-refractivity contribution < 1.29 is 18.3 Å². The molecule has 1 aromatic heterocycles. The summed E-state index contributed by atoms with van der Waals surface area (Å²) in [4.78, 5) is 12.4. The van der Waals surface area contributed by atoms with E-state index in [1.165, 1.54) is 15.6 Å². The Morgan fingerprint density at radius 1 is 1.40 bits per heavy atom. The molecule has 0 aromatic carbocycles. The number of hydrogen-bond donors (Lipinski definition) is 1. The molecule has 0 radical (unpaired) electrons. The zero-order valence-electron chi connectivity index (χ0n) is 10.9. The molecule has 0 amide bonds. The molecule has 2 rings (SSSR count). The third-order valence-corrected chi connectivity index (χ3v) is 7.60. The summed E-state index contributed by atoms with van der Waals surface area (Å²) in [5, 5.41) is 8.73. The minimum Gasteiger partial charge on any atom is -0.480 e. The number of aryl methyl sites for hydroxylation is 1. The van der Waals surface area contributed by atoms with E-state index in [4.69, 9.17) is 5.11 Å². The molecular weight excluding hydrogens is 368 g/mol. The summed E-state index contributed by atoms with van der Waals surface area (Å²) in [6.07, 6.45) is 0. The zero-order valence-corrected chi connectivity index (χ0v) is 14.1. The number of aliphatic carboxylic acids is 1. The van der Waals surface area contributed by atoms with Crippen molar-refractivity contribution in [2.75, 3.05) is 32.7 Å². The van der Waals surface area contributed by atoms with Gasteiger partial charge in [-0.15, -0.1) is 11.3 Å². The Bertz CT molecular complexity index is 586. The van der Waals surface area contributed by atoms with Crippen LogP contribution in [0.1, 0.15) is 5.56 Å². The molecule has 1 aliphatic rings. The molecule has 9 heteroatoms. The predicted molar refractivity (Wildman–Crippen MR) is 79.6 cm³/mol. The fourth-order valence-corrected chi connectivity index (χ4v) is 5.81. The maximum absolute atomic E-state index is 12.5. The summed E-state index contributed by atoms with van der Waals surface area (Å²) in [5.41, 5.74) is 0.901. The van der Waals surface area contributed by atoms with Gasteiger partial charge in [-0.25, -0.2) is 8.42 Å². The summed E-state index contributed by atoms with van der Waals surface area (Å²) in [5.74, 6) is -0.890. The number of piperazine rings is 1. The van der Waals surface area contributed by atoms with E-state index in [9.17, 15) is 13.2 Å². The number of nitrogens with zero attached hydrogens (tertiary/aromatic N) is 2. The van der Waals surface area contributed by atoms with Gasteiger partial charge < -0.3 is 5.11 Å². The molecule has 0 spiro atoms. The fraction of sp³-hybridized carbons (Fsp3) is 0.545. The first kappa shape index (κ1) is 15.9. The van der Waals surface area contributed by atoms with E-state index in [1.54, 1.807) is 11.0 Å². The van der Waals surface area contributed by atoms with E-state index in [2.05, 4.69) is 15.9 Å². The minimum atomic E-state index is -3.47. The molecule has 0 aliphatic carbocycles. The molecule has 0 unspecified atom stereocenters. The van der Waals surface area contributed by atoms with Gasteiger partial charge in [0.05, 0.1) is 10.3 Å². The first-order valence-corrected chi connectivity index (χ1v) is 9.06. The maximum Gasteiger partial charge on any atom is 0.317 e. The number of carboxylic acids is 1. The van der Waals surface area contributed by atoms with Crippen LogP contribution < -0.4 is 0 Å². The van der Waals surface area contributed by atoms with Gasteiger partial charge in [0.1, 0.15) is 4.21 Å². The zero-order chi connectivity index (χ0) is 14.9. The third kappa shape index (κ3) is 3.40. The molecule has 0 bridgehead atoms. The normalized spacial score (nSPS) is 18.3. The molecular formula is C11H15BrN2O4S2. The number of carbonyl (C=O) groups is 1. The molecule has 1 aliphatic heterocycles. The van der Waals surface area contributed by atoms with Crippen LogP contribution in [-0.2, 0) is 14.8 Å². The molecule has 0 saturated carbocycles. The van der Waals surface area contributed by atoms with Crippen LogP contribution >= 0.6 is 27.3 Å². The highest BCUT2D eigenvalue weighted by Crippen LogP contribution is 2.32. The average Bonchev–Trinajstić information content (AvgIpc) is 2.70. The Morgan fingerprint density at radius 2 is 2.00 bits per heavy atom. The van der Waals surface area contributed by atoms with Gasteiger partial charge in [-0.1, -0.05) is 0 Å². The second-order valence-electron chi connectivity index (χ2n) is 4.60. The number of hydrogen-bond acceptors (Lipinski definition) is 5. The molecule has 0 atom stereocenters. The van der Waals surface area contributed by atoms with Gasteiger partial charge in [0.2, 0.25) is 0 Å². The number of sulfonamides is 1. The second-order valence-corrected chi connectivity index (χ2v) is 9.13. The summed E-state index contributed by atoms with van der Waals surface area (Å²) in [7, 11) is -3.47. The van der Waals surface area contributed by atoms with Crippen molar-refractivity contribution in [1.82, 2.24) is 9.21 Å². The van der Waals surface area contributed by atoms with Gasteiger partial charge in [0.25, 0.3) is 10.0 Å². The van der Waals surface area contributed by atoms with Crippen LogP contribution in [0.4, 0.5) is 0 Å². The van der Waals surface area contributed by atoms with Gasteiger partial charge >= 0.3 is 5.97 Å². The number of thiophene rings is 1. The van der Waals surface area contributed by atoms with Gasteiger partial charge in [0, 0.05) is 26.2 Å². The van der Waals surface area contributed by atoms with Crippen LogP contribution in [0.2, 0.25) is 0 Å². The Morgan fingerprint density at radius 3 is 2.45 bits per heavy atom. The Hall–Kier alpha value is -0.480. The van der Waals surface area contributed by atoms with Crippen LogP contribution in [-0.4, -0.2) is 61.4 Å². The van der Waals surface area contributed by atoms with Crippen LogP contribution in [0.15, 0.2) is 14.1 Å². The summed E-state index contributed by atoms with van der Waals surface area (Å²) >= 11 is 4.54. The largest absolute Gasteiger partial charge is 0.480 e. The standard InChI is InChI=1S/C11H15BrN2O4S2/c1-8-6-10(19-11(8)12)20(17,18)14-4-2-13(3-5-14)7-9(15)16/h6H,2-5,7H2,1H3,(H,15,16). The second kappa shape index (κ2) is 6.10. The molecule has 2 heterocycles. The lowest BCUT2D eigenvalue weighted by atomic mass is 10.3. The van der Waals surface area contributed by atoms with Gasteiger partial charge in [-0.05, 0) is 34.5 Å². The lowest BCUT2D eigenvalue weighted by Gasteiger charge is -2.32. The SMILES string of the molecule is Cc1cc(S(=O)(=O)N2CCN(CC(=O)O)CC2)sc1Br. The topological polar surface area (TPSA) is 77.9 Å². The van der Waals surface area contributed by atoms with E-state index in [0.717, 1.165) is 9.35 Å². The molecule has 1 aromatic rings. The van der Waals surface area contributed by atoms with Crippen LogP contribution in [0, 0.1) is 6.92 Å².